The average molecular weight is 635 g/mol. The van der Waals surface area contributed by atoms with Gasteiger partial charge >= 0.3 is 23.3 Å². The second-order valence-electron chi connectivity index (χ2n) is 10.6. The third kappa shape index (κ3) is 6.56. The zero-order valence-electron chi connectivity index (χ0n) is 24.5. The number of imidazole rings is 2. The van der Waals surface area contributed by atoms with E-state index in [9.17, 15) is 38.4 Å². The Labute approximate surface area is 255 Å². The van der Waals surface area contributed by atoms with Crippen molar-refractivity contribution in [1.29, 1.82) is 0 Å². The van der Waals surface area contributed by atoms with E-state index in [1.807, 2.05) is 0 Å². The Balaban J connectivity index is 1.20. The van der Waals surface area contributed by atoms with Crippen molar-refractivity contribution in [3.05, 3.63) is 43.7 Å². The summed E-state index contributed by atoms with van der Waals surface area (Å²) in [5, 5.41) is -0.324. The van der Waals surface area contributed by atoms with Gasteiger partial charge in [0.2, 0.25) is 23.6 Å². The first-order valence-electron chi connectivity index (χ1n) is 14.1. The molecule has 0 saturated carbocycles. The van der Waals surface area contributed by atoms with E-state index in [-0.39, 0.29) is 23.3 Å². The predicted octanol–water partition coefficient (Wildman–Crippen LogP) is 3.72. The van der Waals surface area contributed by atoms with Crippen LogP contribution in [0.25, 0.3) is 0 Å². The van der Waals surface area contributed by atoms with E-state index in [0.717, 1.165) is 18.3 Å². The fraction of sp³-hybridized carbons (Fsp3) is 0.571. The number of esters is 2. The Morgan fingerprint density at radius 1 is 0.605 bits per heavy atom. The Morgan fingerprint density at radius 2 is 0.953 bits per heavy atom. The molecule has 4 heterocycles. The van der Waals surface area contributed by atoms with Crippen LogP contribution in [0.1, 0.15) is 132 Å². The SMILES string of the molecule is CC(=O)n1c2c(n(C(C)=O)c1=O)C(CCCCC(=O)OC(=O)CCCCC1SCc3c1n(C(C)=O)c(=O)n3C(C)=O)SC2. The zero-order valence-corrected chi connectivity index (χ0v) is 26.1. The second kappa shape index (κ2) is 13.5. The molecule has 2 aromatic rings. The third-order valence-corrected chi connectivity index (χ3v) is 10.1. The molecule has 2 aromatic heterocycles. The van der Waals surface area contributed by atoms with Crippen molar-refractivity contribution in [3.63, 3.8) is 0 Å². The van der Waals surface area contributed by atoms with Crippen LogP contribution in [0, 0.1) is 0 Å². The third-order valence-electron chi connectivity index (χ3n) is 7.51. The second-order valence-corrected chi connectivity index (χ2v) is 13.0. The Bertz CT molecular complexity index is 1510. The van der Waals surface area contributed by atoms with Gasteiger partial charge in [0.05, 0.1) is 22.8 Å². The lowest BCUT2D eigenvalue weighted by Crippen LogP contribution is -2.31. The maximum atomic E-state index is 12.6. The van der Waals surface area contributed by atoms with Crippen molar-refractivity contribution in [2.45, 2.75) is 101 Å². The van der Waals surface area contributed by atoms with Crippen LogP contribution in [-0.2, 0) is 25.8 Å². The summed E-state index contributed by atoms with van der Waals surface area (Å²) in [5.41, 5.74) is 0.886. The lowest BCUT2D eigenvalue weighted by Gasteiger charge is -2.12. The van der Waals surface area contributed by atoms with Crippen LogP contribution < -0.4 is 11.4 Å². The number of nitrogens with zero attached hydrogens (tertiary/aromatic N) is 4. The summed E-state index contributed by atoms with van der Waals surface area (Å²) in [6.45, 7) is 5.13. The van der Waals surface area contributed by atoms with Gasteiger partial charge in [0, 0.05) is 62.5 Å². The molecule has 43 heavy (non-hydrogen) atoms. The molecule has 0 aliphatic carbocycles. The smallest absolute Gasteiger partial charge is 0.342 e. The van der Waals surface area contributed by atoms with E-state index < -0.39 is 46.9 Å². The van der Waals surface area contributed by atoms with Gasteiger partial charge < -0.3 is 4.74 Å². The number of hydrogen-bond donors (Lipinski definition) is 0. The van der Waals surface area contributed by atoms with Crippen molar-refractivity contribution in [1.82, 2.24) is 18.3 Å². The maximum Gasteiger partial charge on any atom is 0.342 e. The summed E-state index contributed by atoms with van der Waals surface area (Å²) in [6, 6.07) is 0. The van der Waals surface area contributed by atoms with Gasteiger partial charge in [-0.1, -0.05) is 12.8 Å². The minimum absolute atomic E-state index is 0.0428. The molecule has 4 rings (SSSR count). The largest absolute Gasteiger partial charge is 0.393 e. The molecule has 0 amide bonds. The molecule has 2 atom stereocenters. The molecule has 2 aliphatic heterocycles. The number of rotatable bonds is 10. The average Bonchev–Trinajstić information content (AvgIpc) is 3.63. The van der Waals surface area contributed by atoms with Gasteiger partial charge in [-0.05, 0) is 25.7 Å². The van der Waals surface area contributed by atoms with Crippen molar-refractivity contribution in [2.75, 3.05) is 0 Å². The van der Waals surface area contributed by atoms with E-state index in [0.29, 0.717) is 72.8 Å². The lowest BCUT2D eigenvalue weighted by molar-refractivity contribution is -0.159. The molecule has 0 aromatic carbocycles. The van der Waals surface area contributed by atoms with Crippen LogP contribution in [-0.4, -0.2) is 53.8 Å². The summed E-state index contributed by atoms with van der Waals surface area (Å²) in [7, 11) is 0. The first-order chi connectivity index (χ1) is 20.3. The van der Waals surface area contributed by atoms with Crippen LogP contribution >= 0.6 is 23.5 Å². The van der Waals surface area contributed by atoms with Gasteiger partial charge in [0.15, 0.2) is 0 Å². The highest BCUT2D eigenvalue weighted by molar-refractivity contribution is 7.99. The normalized spacial score (nSPS) is 17.0. The van der Waals surface area contributed by atoms with Crippen molar-refractivity contribution >= 4 is 59.1 Å². The van der Waals surface area contributed by atoms with Crippen LogP contribution in [0.4, 0.5) is 0 Å². The number of aromatic nitrogens is 4. The summed E-state index contributed by atoms with van der Waals surface area (Å²) < 4.78 is 9.16. The van der Waals surface area contributed by atoms with Crippen molar-refractivity contribution in [2.24, 2.45) is 0 Å². The molecular weight excluding hydrogens is 600 g/mol. The fourth-order valence-electron chi connectivity index (χ4n) is 5.70. The Morgan fingerprint density at radius 3 is 1.28 bits per heavy atom. The predicted molar refractivity (Wildman–Crippen MR) is 159 cm³/mol. The standard InChI is InChI=1S/C28H34N4O9S2/c1-15(33)29-19-13-42-21(25(19)31(17(3)35)27(29)39)9-5-7-11-23(37)41-24(38)12-8-6-10-22-26-20(14-43-22)30(16(2)34)28(40)32(26)18(4)36/h21-22H,5-14H2,1-4H3. The van der Waals surface area contributed by atoms with Gasteiger partial charge in [-0.25, -0.2) is 27.9 Å². The molecule has 0 bridgehead atoms. The Hall–Kier alpha value is -3.46. The van der Waals surface area contributed by atoms with E-state index >= 15 is 0 Å². The van der Waals surface area contributed by atoms with Crippen molar-refractivity contribution in [3.8, 4) is 0 Å². The summed E-state index contributed by atoms with van der Waals surface area (Å²) in [6.07, 6.45) is 3.35. The van der Waals surface area contributed by atoms with Crippen LogP contribution in [0.5, 0.6) is 0 Å². The number of ether oxygens (including phenoxy) is 1. The molecule has 13 nitrogen and oxygen atoms in total. The lowest BCUT2D eigenvalue weighted by atomic mass is 10.1. The van der Waals surface area contributed by atoms with Crippen LogP contribution in [0.2, 0.25) is 0 Å². The summed E-state index contributed by atoms with van der Waals surface area (Å²) in [5.74, 6) is -2.16. The minimum Gasteiger partial charge on any atom is -0.393 e. The number of unbranched alkanes of at least 4 members (excludes halogenated alkanes) is 2. The molecule has 2 unspecified atom stereocenters. The monoisotopic (exact) mass is 634 g/mol. The van der Waals surface area contributed by atoms with Gasteiger partial charge in [-0.2, -0.15) is 0 Å². The molecule has 232 valence electrons. The maximum absolute atomic E-state index is 12.6. The molecule has 0 saturated heterocycles. The van der Waals surface area contributed by atoms with Gasteiger partial charge in [-0.3, -0.25) is 28.8 Å². The number of fused-ring (bicyclic) bond motifs is 2. The minimum atomic E-state index is -0.646. The highest BCUT2D eigenvalue weighted by Crippen LogP contribution is 2.45. The van der Waals surface area contributed by atoms with Gasteiger partial charge in [-0.15, -0.1) is 23.5 Å². The molecule has 0 spiro atoms. The Kier molecular flexibility index (Phi) is 10.2. The molecule has 0 radical (unpaired) electrons. The van der Waals surface area contributed by atoms with Crippen LogP contribution in [0.15, 0.2) is 9.59 Å². The first kappa shape index (κ1) is 32.5. The van der Waals surface area contributed by atoms with Crippen molar-refractivity contribution < 1.29 is 33.5 Å². The molecular formula is C28H34N4O9S2. The fourth-order valence-corrected chi connectivity index (χ4v) is 8.44. The number of hydrogen-bond acceptors (Lipinski definition) is 11. The highest BCUT2D eigenvalue weighted by atomic mass is 32.2. The number of carbonyl (C=O) groups is 6. The van der Waals surface area contributed by atoms with E-state index in [1.54, 1.807) is 0 Å². The van der Waals surface area contributed by atoms with Gasteiger partial charge in [0.1, 0.15) is 0 Å². The number of carbonyl (C=O) groups excluding carboxylic acids is 6. The zero-order chi connectivity index (χ0) is 31.6. The molecule has 0 N–H and O–H groups in total. The van der Waals surface area contributed by atoms with Gasteiger partial charge in [0.25, 0.3) is 0 Å². The highest BCUT2D eigenvalue weighted by Gasteiger charge is 2.36. The number of thioether (sulfide) groups is 2. The first-order valence-corrected chi connectivity index (χ1v) is 16.2. The van der Waals surface area contributed by atoms with E-state index in [4.69, 9.17) is 4.74 Å². The van der Waals surface area contributed by atoms with E-state index in [1.165, 1.54) is 51.2 Å². The summed E-state index contributed by atoms with van der Waals surface area (Å²) >= 11 is 3.07. The quantitative estimate of drug-likeness (QED) is 0.212. The topological polar surface area (TPSA) is 166 Å². The van der Waals surface area contributed by atoms with E-state index in [2.05, 4.69) is 0 Å². The summed E-state index contributed by atoms with van der Waals surface area (Å²) in [4.78, 5) is 97.7. The molecule has 2 aliphatic rings. The molecule has 0 fully saturated rings. The molecule has 15 heteroatoms. The van der Waals surface area contributed by atoms with Crippen LogP contribution in [0.3, 0.4) is 0 Å².